The summed E-state index contributed by atoms with van der Waals surface area (Å²) in [4.78, 5) is 0. The van der Waals surface area contributed by atoms with Gasteiger partial charge in [0.05, 0.1) is 22.9 Å². The first-order valence-electron chi connectivity index (χ1n) is 5.18. The number of hydrogen-bond acceptors (Lipinski definition) is 3. The Hall–Kier alpha value is -0.720. The predicted molar refractivity (Wildman–Crippen MR) is 65.0 cm³/mol. The topological polar surface area (TPSA) is 41.5 Å². The third kappa shape index (κ3) is 4.57. The summed E-state index contributed by atoms with van der Waals surface area (Å²) in [5, 5.41) is 12.1. The van der Waals surface area contributed by atoms with Crippen LogP contribution in [0, 0.1) is 11.6 Å². The van der Waals surface area contributed by atoms with Crippen LogP contribution in [0.1, 0.15) is 6.92 Å². The van der Waals surface area contributed by atoms with Crippen molar-refractivity contribution < 1.29 is 18.6 Å². The molecule has 0 radical (unpaired) electrons. The standard InChI is InChI=1S/C11H14BrF2NO2/c1-2-17-6-7(16)5-15-11-4-9(13)8(12)3-10(11)14/h3-4,7,15-16H,2,5-6H2,1H3. The Balaban J connectivity index is 2.54. The van der Waals surface area contributed by atoms with Crippen molar-refractivity contribution in [1.82, 2.24) is 0 Å². The summed E-state index contributed by atoms with van der Waals surface area (Å²) >= 11 is 2.88. The van der Waals surface area contributed by atoms with Gasteiger partial charge < -0.3 is 15.2 Å². The van der Waals surface area contributed by atoms with Gasteiger partial charge in [-0.05, 0) is 28.9 Å². The lowest BCUT2D eigenvalue weighted by Gasteiger charge is -2.13. The molecule has 6 heteroatoms. The van der Waals surface area contributed by atoms with E-state index in [2.05, 4.69) is 21.2 Å². The van der Waals surface area contributed by atoms with E-state index in [1.165, 1.54) is 0 Å². The van der Waals surface area contributed by atoms with E-state index >= 15 is 0 Å². The molecule has 1 aromatic rings. The van der Waals surface area contributed by atoms with Gasteiger partial charge >= 0.3 is 0 Å². The zero-order chi connectivity index (χ0) is 12.8. The largest absolute Gasteiger partial charge is 0.389 e. The Labute approximate surface area is 107 Å². The van der Waals surface area contributed by atoms with Crippen LogP contribution in [0.15, 0.2) is 16.6 Å². The first-order valence-corrected chi connectivity index (χ1v) is 5.98. The van der Waals surface area contributed by atoms with Crippen LogP contribution in [0.3, 0.4) is 0 Å². The predicted octanol–water partition coefficient (Wildman–Crippen LogP) is 2.54. The molecule has 17 heavy (non-hydrogen) atoms. The van der Waals surface area contributed by atoms with Crippen molar-refractivity contribution in [2.75, 3.05) is 25.1 Å². The highest BCUT2D eigenvalue weighted by atomic mass is 79.9. The lowest BCUT2D eigenvalue weighted by Crippen LogP contribution is -2.25. The van der Waals surface area contributed by atoms with Gasteiger partial charge in [0.25, 0.3) is 0 Å². The second-order valence-electron chi connectivity index (χ2n) is 3.44. The number of nitrogens with one attached hydrogen (secondary N) is 1. The zero-order valence-electron chi connectivity index (χ0n) is 9.34. The molecule has 96 valence electrons. The lowest BCUT2D eigenvalue weighted by molar-refractivity contribution is 0.0495. The number of hydrogen-bond donors (Lipinski definition) is 2. The van der Waals surface area contributed by atoms with Crippen molar-refractivity contribution in [3.8, 4) is 0 Å². The normalized spacial score (nSPS) is 12.5. The summed E-state index contributed by atoms with van der Waals surface area (Å²) in [5.74, 6) is -1.14. The maximum atomic E-state index is 13.4. The first-order chi connectivity index (χ1) is 8.04. The van der Waals surface area contributed by atoms with Crippen LogP contribution in [0.5, 0.6) is 0 Å². The number of ether oxygens (including phenoxy) is 1. The van der Waals surface area contributed by atoms with Crippen LogP contribution in [-0.4, -0.2) is 31.0 Å². The van der Waals surface area contributed by atoms with Gasteiger partial charge in [0.15, 0.2) is 0 Å². The molecule has 0 bridgehead atoms. The van der Waals surface area contributed by atoms with Gasteiger partial charge in [-0.2, -0.15) is 0 Å². The molecular weight excluding hydrogens is 296 g/mol. The average molecular weight is 310 g/mol. The molecule has 0 aliphatic rings. The molecule has 3 nitrogen and oxygen atoms in total. The molecule has 0 aliphatic heterocycles. The SMILES string of the molecule is CCOCC(O)CNc1cc(F)c(Br)cc1F. The number of anilines is 1. The molecule has 0 spiro atoms. The van der Waals surface area contributed by atoms with E-state index in [9.17, 15) is 13.9 Å². The molecule has 1 unspecified atom stereocenters. The molecule has 0 saturated heterocycles. The monoisotopic (exact) mass is 309 g/mol. The molecule has 2 N–H and O–H groups in total. The highest BCUT2D eigenvalue weighted by Crippen LogP contribution is 2.23. The average Bonchev–Trinajstić information content (AvgIpc) is 2.29. The van der Waals surface area contributed by atoms with Crippen molar-refractivity contribution in [2.24, 2.45) is 0 Å². The summed E-state index contributed by atoms with van der Waals surface area (Å²) in [7, 11) is 0. The zero-order valence-corrected chi connectivity index (χ0v) is 10.9. The Bertz CT molecular complexity index is 377. The maximum absolute atomic E-state index is 13.4. The molecule has 1 atom stereocenters. The molecule has 0 amide bonds. The smallest absolute Gasteiger partial charge is 0.147 e. The Kier molecular flexibility index (Phi) is 5.80. The summed E-state index contributed by atoms with van der Waals surface area (Å²) in [6.07, 6.45) is -0.763. The fraction of sp³-hybridized carbons (Fsp3) is 0.455. The Morgan fingerprint density at radius 3 is 2.76 bits per heavy atom. The highest BCUT2D eigenvalue weighted by Gasteiger charge is 2.10. The maximum Gasteiger partial charge on any atom is 0.147 e. The van der Waals surface area contributed by atoms with E-state index in [1.54, 1.807) is 0 Å². The molecular formula is C11H14BrF2NO2. The Morgan fingerprint density at radius 1 is 1.41 bits per heavy atom. The van der Waals surface area contributed by atoms with Crippen LogP contribution in [0.4, 0.5) is 14.5 Å². The minimum atomic E-state index is -0.763. The van der Waals surface area contributed by atoms with Crippen LogP contribution in [0.2, 0.25) is 0 Å². The first kappa shape index (κ1) is 14.3. The van der Waals surface area contributed by atoms with Crippen LogP contribution < -0.4 is 5.32 Å². The number of aliphatic hydroxyl groups excluding tert-OH is 1. The summed E-state index contributed by atoms with van der Waals surface area (Å²) in [5.41, 5.74) is 0.0150. The fourth-order valence-corrected chi connectivity index (χ4v) is 1.51. The second-order valence-corrected chi connectivity index (χ2v) is 4.29. The molecule has 0 saturated carbocycles. The van der Waals surface area contributed by atoms with Crippen LogP contribution in [0.25, 0.3) is 0 Å². The van der Waals surface area contributed by atoms with Gasteiger partial charge in [0.2, 0.25) is 0 Å². The van der Waals surface area contributed by atoms with Crippen molar-refractivity contribution in [2.45, 2.75) is 13.0 Å². The minimum Gasteiger partial charge on any atom is -0.389 e. The van der Waals surface area contributed by atoms with E-state index in [-0.39, 0.29) is 23.3 Å². The Morgan fingerprint density at radius 2 is 2.12 bits per heavy atom. The van der Waals surface area contributed by atoms with Crippen molar-refractivity contribution in [3.05, 3.63) is 28.2 Å². The fourth-order valence-electron chi connectivity index (χ4n) is 1.20. The molecule has 0 aliphatic carbocycles. The summed E-state index contributed by atoms with van der Waals surface area (Å²) in [6.45, 7) is 2.56. The van der Waals surface area contributed by atoms with Crippen LogP contribution in [-0.2, 0) is 4.74 Å². The molecule has 0 heterocycles. The number of benzene rings is 1. The molecule has 0 fully saturated rings. The van der Waals surface area contributed by atoms with Crippen LogP contribution >= 0.6 is 15.9 Å². The van der Waals surface area contributed by atoms with E-state index in [1.807, 2.05) is 6.92 Å². The van der Waals surface area contributed by atoms with Crippen molar-refractivity contribution in [3.63, 3.8) is 0 Å². The summed E-state index contributed by atoms with van der Waals surface area (Å²) in [6, 6.07) is 2.07. The van der Waals surface area contributed by atoms with Crippen molar-refractivity contribution >= 4 is 21.6 Å². The summed E-state index contributed by atoms with van der Waals surface area (Å²) < 4.78 is 31.6. The molecule has 0 aromatic heterocycles. The quantitative estimate of drug-likeness (QED) is 0.794. The van der Waals surface area contributed by atoms with Gasteiger partial charge in [-0.25, -0.2) is 8.78 Å². The number of aliphatic hydroxyl groups is 1. The van der Waals surface area contributed by atoms with Gasteiger partial charge in [-0.1, -0.05) is 0 Å². The van der Waals surface area contributed by atoms with E-state index in [4.69, 9.17) is 4.74 Å². The highest BCUT2D eigenvalue weighted by molar-refractivity contribution is 9.10. The second kappa shape index (κ2) is 6.88. The van der Waals surface area contributed by atoms with E-state index in [0.717, 1.165) is 12.1 Å². The molecule has 1 rings (SSSR count). The van der Waals surface area contributed by atoms with Crippen molar-refractivity contribution in [1.29, 1.82) is 0 Å². The molecule has 1 aromatic carbocycles. The number of rotatable bonds is 6. The third-order valence-electron chi connectivity index (χ3n) is 2.05. The van der Waals surface area contributed by atoms with Gasteiger partial charge in [-0.15, -0.1) is 0 Å². The third-order valence-corrected chi connectivity index (χ3v) is 2.66. The van der Waals surface area contributed by atoms with E-state index < -0.39 is 17.7 Å². The van der Waals surface area contributed by atoms with Gasteiger partial charge in [-0.3, -0.25) is 0 Å². The van der Waals surface area contributed by atoms with E-state index in [0.29, 0.717) is 6.61 Å². The minimum absolute atomic E-state index is 0.0150. The number of halogens is 3. The van der Waals surface area contributed by atoms with Gasteiger partial charge in [0.1, 0.15) is 11.6 Å². The van der Waals surface area contributed by atoms with Gasteiger partial charge in [0, 0.05) is 19.2 Å². The lowest BCUT2D eigenvalue weighted by atomic mass is 10.2.